The quantitative estimate of drug-likeness (QED) is 0.921. The highest BCUT2D eigenvalue weighted by Crippen LogP contribution is 2.28. The number of piperidine rings is 1. The normalized spacial score (nSPS) is 26.7. The fourth-order valence-corrected chi connectivity index (χ4v) is 4.69. The monoisotopic (exact) mass is 353 g/mol. The average Bonchev–Trinajstić information content (AvgIpc) is 3.18. The summed E-state index contributed by atoms with van der Waals surface area (Å²) in [5.41, 5.74) is 2.14. The minimum absolute atomic E-state index is 0.0896. The summed E-state index contributed by atoms with van der Waals surface area (Å²) in [6.45, 7) is 6.54. The third-order valence-corrected chi connectivity index (χ3v) is 5.81. The van der Waals surface area contributed by atoms with Crippen LogP contribution in [0.1, 0.15) is 38.7 Å². The molecule has 5 heteroatoms. The molecule has 5 nitrogen and oxygen atoms in total. The molecule has 2 aliphatic rings. The lowest BCUT2D eigenvalue weighted by Crippen LogP contribution is -2.51. The minimum atomic E-state index is -0.311. The van der Waals surface area contributed by atoms with Crippen molar-refractivity contribution in [3.05, 3.63) is 36.0 Å². The first kappa shape index (κ1) is 17.1. The molecule has 2 aromatic rings. The van der Waals surface area contributed by atoms with E-state index in [0.29, 0.717) is 31.2 Å². The van der Waals surface area contributed by atoms with Crippen molar-refractivity contribution in [2.24, 2.45) is 11.8 Å². The van der Waals surface area contributed by atoms with Crippen molar-refractivity contribution >= 4 is 22.7 Å². The first-order valence-corrected chi connectivity index (χ1v) is 9.66. The van der Waals surface area contributed by atoms with Crippen LogP contribution in [0.15, 0.2) is 30.5 Å². The van der Waals surface area contributed by atoms with Crippen LogP contribution in [0.5, 0.6) is 0 Å². The minimum Gasteiger partial charge on any atom is -0.361 e. The van der Waals surface area contributed by atoms with E-state index in [1.807, 2.05) is 29.3 Å². The number of aromatic nitrogens is 1. The molecule has 3 unspecified atom stereocenters. The van der Waals surface area contributed by atoms with Gasteiger partial charge in [0.1, 0.15) is 6.04 Å². The van der Waals surface area contributed by atoms with Gasteiger partial charge in [0.15, 0.2) is 0 Å². The molecule has 4 rings (SSSR count). The number of H-pyrrole nitrogens is 1. The number of carbonyl (C=O) groups excluding carboxylic acids is 2. The molecule has 2 aliphatic heterocycles. The van der Waals surface area contributed by atoms with E-state index < -0.39 is 0 Å². The maximum atomic E-state index is 13.2. The van der Waals surface area contributed by atoms with Crippen molar-refractivity contribution in [3.63, 3.8) is 0 Å². The van der Waals surface area contributed by atoms with Gasteiger partial charge in [-0.05, 0) is 36.3 Å². The number of fused-ring (bicyclic) bond motifs is 1. The van der Waals surface area contributed by atoms with Crippen molar-refractivity contribution in [1.82, 2.24) is 14.8 Å². The molecule has 0 bridgehead atoms. The van der Waals surface area contributed by atoms with E-state index in [0.717, 1.165) is 29.6 Å². The second-order valence-corrected chi connectivity index (χ2v) is 8.12. The zero-order valence-electron chi connectivity index (χ0n) is 15.6. The van der Waals surface area contributed by atoms with Gasteiger partial charge in [0.2, 0.25) is 11.8 Å². The summed E-state index contributed by atoms with van der Waals surface area (Å²) in [5.74, 6) is 1.28. The van der Waals surface area contributed by atoms with E-state index in [1.165, 1.54) is 6.42 Å². The Morgan fingerprint density at radius 2 is 1.92 bits per heavy atom. The lowest BCUT2D eigenvalue weighted by atomic mass is 9.91. The third kappa shape index (κ3) is 3.11. The third-order valence-electron chi connectivity index (χ3n) is 5.81. The Morgan fingerprint density at radius 1 is 1.19 bits per heavy atom. The Balaban J connectivity index is 1.54. The molecule has 0 radical (unpaired) electrons. The maximum absolute atomic E-state index is 13.2. The van der Waals surface area contributed by atoms with E-state index in [2.05, 4.69) is 24.9 Å². The molecule has 3 atom stereocenters. The van der Waals surface area contributed by atoms with Crippen molar-refractivity contribution in [1.29, 1.82) is 0 Å². The van der Waals surface area contributed by atoms with E-state index in [1.54, 1.807) is 4.90 Å². The van der Waals surface area contributed by atoms with E-state index in [9.17, 15) is 9.59 Å². The molecule has 2 saturated heterocycles. The van der Waals surface area contributed by atoms with Gasteiger partial charge < -0.3 is 14.8 Å². The number of para-hydroxylation sites is 1. The van der Waals surface area contributed by atoms with Crippen LogP contribution in [0.3, 0.4) is 0 Å². The molecule has 1 aromatic heterocycles. The van der Waals surface area contributed by atoms with Gasteiger partial charge >= 0.3 is 0 Å². The topological polar surface area (TPSA) is 56.4 Å². The largest absolute Gasteiger partial charge is 0.361 e. The molecule has 0 spiro atoms. The number of nitrogens with one attached hydrogen (secondary N) is 1. The summed E-state index contributed by atoms with van der Waals surface area (Å²) in [4.78, 5) is 32.7. The van der Waals surface area contributed by atoms with Gasteiger partial charge in [-0.3, -0.25) is 9.59 Å². The van der Waals surface area contributed by atoms with Gasteiger partial charge in [0.05, 0.1) is 0 Å². The molecule has 3 heterocycles. The first-order chi connectivity index (χ1) is 12.5. The number of hydrogen-bond donors (Lipinski definition) is 1. The lowest BCUT2D eigenvalue weighted by molar-refractivity contribution is -0.143. The summed E-state index contributed by atoms with van der Waals surface area (Å²) < 4.78 is 0. The van der Waals surface area contributed by atoms with Crippen LogP contribution in [0, 0.1) is 11.8 Å². The summed E-state index contributed by atoms with van der Waals surface area (Å²) >= 11 is 0. The predicted octanol–water partition coefficient (Wildman–Crippen LogP) is 3.16. The van der Waals surface area contributed by atoms with Crippen molar-refractivity contribution in [2.45, 2.75) is 45.7 Å². The van der Waals surface area contributed by atoms with Crippen LogP contribution in [0.4, 0.5) is 0 Å². The number of amides is 2. The van der Waals surface area contributed by atoms with Crippen LogP contribution in [0.2, 0.25) is 0 Å². The highest BCUT2D eigenvalue weighted by Gasteiger charge is 2.39. The molecule has 1 N–H and O–H groups in total. The van der Waals surface area contributed by atoms with Gasteiger partial charge in [-0.15, -0.1) is 0 Å². The summed E-state index contributed by atoms with van der Waals surface area (Å²) in [7, 11) is 0. The smallest absolute Gasteiger partial charge is 0.245 e. The number of rotatable bonds is 3. The number of nitrogens with zero attached hydrogens (tertiary/aromatic N) is 2. The van der Waals surface area contributed by atoms with Crippen molar-refractivity contribution in [3.8, 4) is 0 Å². The molecule has 1 aromatic carbocycles. The standard InChI is InChI=1S/C21H27N3O2/c1-14-9-15(2)12-23(11-14)21(26)19-7-8-20(25)24(19)13-16-10-22-18-6-4-3-5-17(16)18/h3-6,10,14-15,19,22H,7-9,11-13H2,1-2H3. The van der Waals surface area contributed by atoms with Crippen molar-refractivity contribution in [2.75, 3.05) is 13.1 Å². The van der Waals surface area contributed by atoms with E-state index in [-0.39, 0.29) is 17.9 Å². The Labute approximate surface area is 154 Å². The average molecular weight is 353 g/mol. The highest BCUT2D eigenvalue weighted by atomic mass is 16.2. The number of aromatic amines is 1. The zero-order valence-corrected chi connectivity index (χ0v) is 15.6. The molecule has 2 fully saturated rings. The SMILES string of the molecule is CC1CC(C)CN(C(=O)C2CCC(=O)N2Cc2c[nH]c3ccccc23)C1. The number of hydrogen-bond acceptors (Lipinski definition) is 2. The highest BCUT2D eigenvalue weighted by molar-refractivity contribution is 5.91. The van der Waals surface area contributed by atoms with E-state index >= 15 is 0 Å². The number of carbonyl (C=O) groups is 2. The Hall–Kier alpha value is -2.30. The van der Waals surface area contributed by atoms with Crippen LogP contribution in [-0.4, -0.2) is 45.7 Å². The Kier molecular flexibility index (Phi) is 4.47. The molecule has 0 saturated carbocycles. The summed E-state index contributed by atoms with van der Waals surface area (Å²) in [5, 5.41) is 1.12. The van der Waals surface area contributed by atoms with Crippen LogP contribution < -0.4 is 0 Å². The Morgan fingerprint density at radius 3 is 2.69 bits per heavy atom. The van der Waals surface area contributed by atoms with Gasteiger partial charge in [-0.1, -0.05) is 32.0 Å². The van der Waals surface area contributed by atoms with Crippen LogP contribution >= 0.6 is 0 Å². The first-order valence-electron chi connectivity index (χ1n) is 9.66. The second-order valence-electron chi connectivity index (χ2n) is 8.12. The molecule has 2 amide bonds. The lowest BCUT2D eigenvalue weighted by Gasteiger charge is -2.38. The van der Waals surface area contributed by atoms with Gasteiger partial charge in [-0.25, -0.2) is 0 Å². The zero-order chi connectivity index (χ0) is 18.3. The van der Waals surface area contributed by atoms with Crippen LogP contribution in [0.25, 0.3) is 10.9 Å². The molecular formula is C21H27N3O2. The number of likely N-dealkylation sites (tertiary alicyclic amines) is 2. The molecule has 0 aliphatic carbocycles. The van der Waals surface area contributed by atoms with Gasteiger partial charge in [-0.2, -0.15) is 0 Å². The van der Waals surface area contributed by atoms with Gasteiger partial charge in [0, 0.05) is 43.2 Å². The van der Waals surface area contributed by atoms with E-state index in [4.69, 9.17) is 0 Å². The molecular weight excluding hydrogens is 326 g/mol. The van der Waals surface area contributed by atoms with Crippen molar-refractivity contribution < 1.29 is 9.59 Å². The fraction of sp³-hybridized carbons (Fsp3) is 0.524. The summed E-state index contributed by atoms with van der Waals surface area (Å²) in [6.07, 6.45) is 4.24. The van der Waals surface area contributed by atoms with Crippen LogP contribution in [-0.2, 0) is 16.1 Å². The second kappa shape index (κ2) is 6.78. The number of benzene rings is 1. The Bertz CT molecular complexity index is 818. The molecule has 26 heavy (non-hydrogen) atoms. The maximum Gasteiger partial charge on any atom is 0.245 e. The predicted molar refractivity (Wildman–Crippen MR) is 101 cm³/mol. The van der Waals surface area contributed by atoms with Gasteiger partial charge in [0.25, 0.3) is 0 Å². The summed E-state index contributed by atoms with van der Waals surface area (Å²) in [6, 6.07) is 7.78. The fourth-order valence-electron chi connectivity index (χ4n) is 4.69. The molecule has 138 valence electrons.